The molecule has 1 aliphatic rings. The lowest BCUT2D eigenvalue weighted by atomic mass is 10.0. The van der Waals surface area contributed by atoms with Crippen molar-refractivity contribution in [3.8, 4) is 0 Å². The van der Waals surface area contributed by atoms with Crippen LogP contribution in [0.2, 0.25) is 0 Å². The van der Waals surface area contributed by atoms with E-state index in [0.717, 1.165) is 12.8 Å². The van der Waals surface area contributed by atoms with Crippen LogP contribution >= 0.6 is 0 Å². The van der Waals surface area contributed by atoms with Gasteiger partial charge >= 0.3 is 12.0 Å². The van der Waals surface area contributed by atoms with Crippen molar-refractivity contribution in [3.05, 3.63) is 0 Å². The Hall–Kier alpha value is -1.79. The van der Waals surface area contributed by atoms with Crippen LogP contribution in [0.25, 0.3) is 0 Å². The zero-order valence-electron chi connectivity index (χ0n) is 12.9. The van der Waals surface area contributed by atoms with Crippen LogP contribution < -0.4 is 10.6 Å². The van der Waals surface area contributed by atoms with E-state index < -0.39 is 24.1 Å². The number of amides is 3. The Morgan fingerprint density at radius 2 is 1.95 bits per heavy atom. The van der Waals surface area contributed by atoms with E-state index in [4.69, 9.17) is 0 Å². The van der Waals surface area contributed by atoms with E-state index in [1.165, 1.54) is 11.9 Å². The molecule has 1 rings (SSSR count). The molecule has 120 valence electrons. The quantitative estimate of drug-likeness (QED) is 0.699. The van der Waals surface area contributed by atoms with Crippen molar-refractivity contribution in [1.82, 2.24) is 15.5 Å². The van der Waals surface area contributed by atoms with Crippen molar-refractivity contribution >= 4 is 17.9 Å². The number of piperidine rings is 1. The van der Waals surface area contributed by atoms with E-state index in [0.29, 0.717) is 19.4 Å². The molecule has 2 unspecified atom stereocenters. The van der Waals surface area contributed by atoms with E-state index in [9.17, 15) is 19.5 Å². The van der Waals surface area contributed by atoms with Gasteiger partial charge in [-0.25, -0.2) is 9.59 Å². The van der Waals surface area contributed by atoms with Gasteiger partial charge in [0.15, 0.2) is 0 Å². The monoisotopic (exact) mass is 299 g/mol. The summed E-state index contributed by atoms with van der Waals surface area (Å²) < 4.78 is 0. The number of nitrogens with zero attached hydrogens (tertiary/aromatic N) is 1. The number of urea groups is 1. The van der Waals surface area contributed by atoms with Gasteiger partial charge in [-0.3, -0.25) is 4.79 Å². The van der Waals surface area contributed by atoms with Gasteiger partial charge in [0.2, 0.25) is 5.91 Å². The van der Waals surface area contributed by atoms with Gasteiger partial charge in [-0.05, 0) is 31.6 Å². The second-order valence-corrected chi connectivity index (χ2v) is 5.79. The van der Waals surface area contributed by atoms with Gasteiger partial charge in [0.1, 0.15) is 12.1 Å². The molecule has 3 N–H and O–H groups in total. The molecular weight excluding hydrogens is 274 g/mol. The molecule has 3 amide bonds. The van der Waals surface area contributed by atoms with Gasteiger partial charge in [0, 0.05) is 13.6 Å². The van der Waals surface area contributed by atoms with Crippen LogP contribution in [0.4, 0.5) is 4.79 Å². The predicted octanol–water partition coefficient (Wildman–Crippen LogP) is 0.796. The first-order chi connectivity index (χ1) is 9.86. The lowest BCUT2D eigenvalue weighted by Crippen LogP contribution is -2.57. The molecule has 1 heterocycles. The summed E-state index contributed by atoms with van der Waals surface area (Å²) in [5.41, 5.74) is 0. The number of aliphatic carboxylic acids is 1. The average Bonchev–Trinajstić information content (AvgIpc) is 2.45. The minimum absolute atomic E-state index is 0.155. The summed E-state index contributed by atoms with van der Waals surface area (Å²) in [6.45, 7) is 4.27. The first-order valence-corrected chi connectivity index (χ1v) is 7.38. The Kier molecular flexibility index (Phi) is 6.45. The molecule has 0 aromatic rings. The fourth-order valence-electron chi connectivity index (χ4n) is 2.54. The topological polar surface area (TPSA) is 98.7 Å². The van der Waals surface area contributed by atoms with E-state index in [1.54, 1.807) is 0 Å². The highest BCUT2D eigenvalue weighted by molar-refractivity contribution is 5.88. The average molecular weight is 299 g/mol. The number of rotatable bonds is 5. The van der Waals surface area contributed by atoms with Crippen molar-refractivity contribution in [2.45, 2.75) is 51.6 Å². The molecule has 0 aromatic carbocycles. The Morgan fingerprint density at radius 1 is 1.29 bits per heavy atom. The lowest BCUT2D eigenvalue weighted by molar-refractivity contribution is -0.139. The van der Waals surface area contributed by atoms with Crippen LogP contribution in [0.3, 0.4) is 0 Å². The van der Waals surface area contributed by atoms with Crippen molar-refractivity contribution in [3.63, 3.8) is 0 Å². The van der Waals surface area contributed by atoms with E-state index in [-0.39, 0.29) is 11.8 Å². The van der Waals surface area contributed by atoms with E-state index >= 15 is 0 Å². The number of carboxylic acids is 1. The standard InChI is InChI=1S/C14H25N3O4/c1-9(2)8-10(13(19)20)16-14(21)17-7-5-4-6-11(17)12(18)15-3/h9-11H,4-8H2,1-3H3,(H,15,18)(H,16,21)(H,19,20). The molecule has 7 nitrogen and oxygen atoms in total. The molecule has 1 saturated heterocycles. The summed E-state index contributed by atoms with van der Waals surface area (Å²) in [6, 6.07) is -1.92. The van der Waals surface area contributed by atoms with Gasteiger partial charge in [-0.1, -0.05) is 13.8 Å². The number of nitrogens with one attached hydrogen (secondary N) is 2. The smallest absolute Gasteiger partial charge is 0.326 e. The van der Waals surface area contributed by atoms with Crippen molar-refractivity contribution in [2.24, 2.45) is 5.92 Å². The highest BCUT2D eigenvalue weighted by Gasteiger charge is 2.33. The first kappa shape index (κ1) is 17.3. The zero-order valence-corrected chi connectivity index (χ0v) is 12.9. The Bertz CT molecular complexity index is 398. The van der Waals surface area contributed by atoms with E-state index in [2.05, 4.69) is 10.6 Å². The third-order valence-electron chi connectivity index (χ3n) is 3.62. The molecule has 0 bridgehead atoms. The van der Waals surface area contributed by atoms with Crippen LogP contribution in [0.5, 0.6) is 0 Å². The Morgan fingerprint density at radius 3 is 2.48 bits per heavy atom. The van der Waals surface area contributed by atoms with Crippen LogP contribution in [0.15, 0.2) is 0 Å². The molecule has 1 aliphatic heterocycles. The molecule has 0 radical (unpaired) electrons. The largest absolute Gasteiger partial charge is 0.480 e. The highest BCUT2D eigenvalue weighted by atomic mass is 16.4. The summed E-state index contributed by atoms with van der Waals surface area (Å²) in [4.78, 5) is 36.8. The van der Waals surface area contributed by atoms with Gasteiger partial charge in [0.25, 0.3) is 0 Å². The lowest BCUT2D eigenvalue weighted by Gasteiger charge is -2.35. The molecule has 2 atom stereocenters. The maximum Gasteiger partial charge on any atom is 0.326 e. The molecule has 0 saturated carbocycles. The molecule has 0 spiro atoms. The molecule has 0 aromatic heterocycles. The normalized spacial score (nSPS) is 20.0. The predicted molar refractivity (Wildman–Crippen MR) is 77.8 cm³/mol. The van der Waals surface area contributed by atoms with Gasteiger partial charge < -0.3 is 20.6 Å². The van der Waals surface area contributed by atoms with Crippen molar-refractivity contribution < 1.29 is 19.5 Å². The number of likely N-dealkylation sites (N-methyl/N-ethyl adjacent to an activating group) is 1. The summed E-state index contributed by atoms with van der Waals surface area (Å²) >= 11 is 0. The first-order valence-electron chi connectivity index (χ1n) is 7.38. The highest BCUT2D eigenvalue weighted by Crippen LogP contribution is 2.17. The number of carbonyl (C=O) groups is 3. The summed E-state index contributed by atoms with van der Waals surface area (Å²) in [6.07, 6.45) is 2.67. The number of hydrogen-bond acceptors (Lipinski definition) is 3. The fraction of sp³-hybridized carbons (Fsp3) is 0.786. The second-order valence-electron chi connectivity index (χ2n) is 5.79. The Balaban J connectivity index is 2.74. The summed E-state index contributed by atoms with van der Waals surface area (Å²) in [7, 11) is 1.53. The molecule has 21 heavy (non-hydrogen) atoms. The number of hydrogen-bond donors (Lipinski definition) is 3. The maximum absolute atomic E-state index is 12.3. The number of carbonyl (C=O) groups excluding carboxylic acids is 2. The van der Waals surface area contributed by atoms with Crippen LogP contribution in [0.1, 0.15) is 39.5 Å². The summed E-state index contributed by atoms with van der Waals surface area (Å²) in [5.74, 6) is -1.10. The van der Waals surface area contributed by atoms with Crippen molar-refractivity contribution in [2.75, 3.05) is 13.6 Å². The minimum Gasteiger partial charge on any atom is -0.480 e. The van der Waals surface area contributed by atoms with Gasteiger partial charge in [-0.2, -0.15) is 0 Å². The van der Waals surface area contributed by atoms with Crippen LogP contribution in [0, 0.1) is 5.92 Å². The third-order valence-corrected chi connectivity index (χ3v) is 3.62. The SMILES string of the molecule is CNC(=O)C1CCCCN1C(=O)NC(CC(C)C)C(=O)O. The molecule has 0 aliphatic carbocycles. The van der Waals surface area contributed by atoms with Crippen molar-refractivity contribution in [1.29, 1.82) is 0 Å². The molecular formula is C14H25N3O4. The van der Waals surface area contributed by atoms with Crippen LogP contribution in [-0.2, 0) is 9.59 Å². The fourth-order valence-corrected chi connectivity index (χ4v) is 2.54. The second kappa shape index (κ2) is 7.85. The Labute approximate surface area is 125 Å². The van der Waals surface area contributed by atoms with Crippen LogP contribution in [-0.4, -0.2) is 53.6 Å². The molecule has 7 heteroatoms. The molecule has 1 fully saturated rings. The number of likely N-dealkylation sites (tertiary alicyclic amines) is 1. The maximum atomic E-state index is 12.3. The zero-order chi connectivity index (χ0) is 16.0. The third kappa shape index (κ3) is 4.91. The minimum atomic E-state index is -1.05. The van der Waals surface area contributed by atoms with Gasteiger partial charge in [0.05, 0.1) is 0 Å². The number of carboxylic acid groups (broad SMARTS) is 1. The van der Waals surface area contributed by atoms with E-state index in [1.807, 2.05) is 13.8 Å². The summed E-state index contributed by atoms with van der Waals surface area (Å²) in [5, 5.41) is 14.3. The van der Waals surface area contributed by atoms with Gasteiger partial charge in [-0.15, -0.1) is 0 Å².